The quantitative estimate of drug-likeness (QED) is 0.871. The van der Waals surface area contributed by atoms with Crippen molar-refractivity contribution in [3.8, 4) is 0 Å². The second-order valence-electron chi connectivity index (χ2n) is 2.70. The van der Waals surface area contributed by atoms with Gasteiger partial charge < -0.3 is 10.5 Å². The maximum absolute atomic E-state index is 5.95. The summed E-state index contributed by atoms with van der Waals surface area (Å²) in [6, 6.07) is 5.62. The molecule has 1 aromatic rings. The van der Waals surface area contributed by atoms with E-state index in [-0.39, 0.29) is 6.04 Å². The van der Waals surface area contributed by atoms with Crippen molar-refractivity contribution in [2.24, 2.45) is 5.73 Å². The molecule has 4 heteroatoms. The molecule has 1 atom stereocenters. The fourth-order valence-corrected chi connectivity index (χ4v) is 2.02. The third kappa shape index (κ3) is 2.80. The van der Waals surface area contributed by atoms with Gasteiger partial charge in [-0.05, 0) is 34.2 Å². The van der Waals surface area contributed by atoms with Crippen molar-refractivity contribution in [3.05, 3.63) is 32.4 Å². The zero-order chi connectivity index (χ0) is 9.84. The summed E-state index contributed by atoms with van der Waals surface area (Å²) in [5.41, 5.74) is 6.92. The minimum Gasteiger partial charge on any atom is -0.383 e. The van der Waals surface area contributed by atoms with Gasteiger partial charge in [-0.1, -0.05) is 23.7 Å². The van der Waals surface area contributed by atoms with Gasteiger partial charge in [0.05, 0.1) is 17.7 Å². The summed E-state index contributed by atoms with van der Waals surface area (Å²) in [6.45, 7) is 0.510. The monoisotopic (exact) mass is 311 g/mol. The van der Waals surface area contributed by atoms with Crippen LogP contribution in [0.1, 0.15) is 11.6 Å². The zero-order valence-corrected chi connectivity index (χ0v) is 10.2. The number of halogens is 2. The number of hydrogen-bond donors (Lipinski definition) is 1. The fourth-order valence-electron chi connectivity index (χ4n) is 1.08. The molecule has 0 aliphatic heterocycles. The zero-order valence-electron chi connectivity index (χ0n) is 7.26. The highest BCUT2D eigenvalue weighted by atomic mass is 127. The molecule has 13 heavy (non-hydrogen) atoms. The van der Waals surface area contributed by atoms with Crippen LogP contribution in [0.4, 0.5) is 0 Å². The molecule has 1 aromatic carbocycles. The lowest BCUT2D eigenvalue weighted by Crippen LogP contribution is -2.17. The van der Waals surface area contributed by atoms with Crippen LogP contribution in [0.25, 0.3) is 0 Å². The van der Waals surface area contributed by atoms with Gasteiger partial charge >= 0.3 is 0 Å². The fraction of sp³-hybridized carbons (Fsp3) is 0.333. The predicted octanol–water partition coefficient (Wildman–Crippen LogP) is 2.59. The molecule has 0 aliphatic rings. The highest BCUT2D eigenvalue weighted by molar-refractivity contribution is 14.1. The van der Waals surface area contributed by atoms with E-state index in [1.807, 2.05) is 18.2 Å². The van der Waals surface area contributed by atoms with Crippen molar-refractivity contribution in [2.45, 2.75) is 6.04 Å². The first-order chi connectivity index (χ1) is 6.16. The Bertz CT molecular complexity index is 293. The van der Waals surface area contributed by atoms with E-state index in [1.54, 1.807) is 7.11 Å². The lowest BCUT2D eigenvalue weighted by Gasteiger charge is -2.13. The topological polar surface area (TPSA) is 35.2 Å². The van der Waals surface area contributed by atoms with Gasteiger partial charge in [-0.2, -0.15) is 0 Å². The van der Waals surface area contributed by atoms with Crippen molar-refractivity contribution < 1.29 is 4.74 Å². The Labute approximate surface area is 96.5 Å². The minimum atomic E-state index is -0.101. The van der Waals surface area contributed by atoms with Crippen LogP contribution in [0.3, 0.4) is 0 Å². The first-order valence-corrected chi connectivity index (χ1v) is 5.31. The van der Waals surface area contributed by atoms with E-state index in [9.17, 15) is 0 Å². The number of methoxy groups -OCH3 is 1. The Balaban J connectivity index is 2.93. The summed E-state index contributed by atoms with van der Waals surface area (Å²) in [4.78, 5) is 0. The van der Waals surface area contributed by atoms with Gasteiger partial charge in [-0.15, -0.1) is 0 Å². The van der Waals surface area contributed by atoms with E-state index in [0.717, 1.165) is 14.2 Å². The van der Waals surface area contributed by atoms with Gasteiger partial charge in [0.1, 0.15) is 0 Å². The molecule has 0 fully saturated rings. The lowest BCUT2D eigenvalue weighted by atomic mass is 10.1. The first kappa shape index (κ1) is 11.2. The summed E-state index contributed by atoms with van der Waals surface area (Å²) in [7, 11) is 1.64. The van der Waals surface area contributed by atoms with Crippen molar-refractivity contribution in [2.75, 3.05) is 13.7 Å². The summed E-state index contributed by atoms with van der Waals surface area (Å²) < 4.78 is 5.99. The number of benzene rings is 1. The molecule has 0 bridgehead atoms. The molecule has 2 nitrogen and oxygen atoms in total. The Hall–Kier alpha value is 0.160. The van der Waals surface area contributed by atoms with Crippen LogP contribution in [0, 0.1) is 3.57 Å². The van der Waals surface area contributed by atoms with E-state index in [1.165, 1.54) is 0 Å². The first-order valence-electron chi connectivity index (χ1n) is 3.85. The Kier molecular flexibility index (Phi) is 4.45. The Morgan fingerprint density at radius 1 is 1.62 bits per heavy atom. The maximum Gasteiger partial charge on any atom is 0.0655 e. The van der Waals surface area contributed by atoms with Gasteiger partial charge in [0.2, 0.25) is 0 Å². The van der Waals surface area contributed by atoms with E-state index >= 15 is 0 Å². The van der Waals surface area contributed by atoms with Crippen molar-refractivity contribution in [1.29, 1.82) is 0 Å². The van der Waals surface area contributed by atoms with Crippen molar-refractivity contribution in [3.63, 3.8) is 0 Å². The molecule has 0 saturated carbocycles. The Morgan fingerprint density at radius 2 is 2.31 bits per heavy atom. The van der Waals surface area contributed by atoms with Crippen LogP contribution in [-0.4, -0.2) is 13.7 Å². The largest absolute Gasteiger partial charge is 0.383 e. The molecule has 0 aliphatic carbocycles. The molecule has 0 aromatic heterocycles. The minimum absolute atomic E-state index is 0.101. The second-order valence-corrected chi connectivity index (χ2v) is 4.19. The molecule has 1 rings (SSSR count). The molecule has 0 spiro atoms. The molecule has 0 heterocycles. The second kappa shape index (κ2) is 5.14. The third-order valence-electron chi connectivity index (χ3n) is 1.73. The number of ether oxygens (including phenoxy) is 1. The highest BCUT2D eigenvalue weighted by Gasteiger charge is 2.10. The van der Waals surface area contributed by atoms with Crippen molar-refractivity contribution in [1.82, 2.24) is 0 Å². The average molecular weight is 312 g/mol. The molecule has 0 radical (unpaired) electrons. The SMILES string of the molecule is COCC(N)c1cccc(Cl)c1I. The average Bonchev–Trinajstić information content (AvgIpc) is 2.10. The normalized spacial score (nSPS) is 12.9. The van der Waals surface area contributed by atoms with Gasteiger partial charge in [-0.25, -0.2) is 0 Å². The number of rotatable bonds is 3. The van der Waals surface area contributed by atoms with Crippen LogP contribution in [-0.2, 0) is 4.74 Å². The molecule has 1 unspecified atom stereocenters. The van der Waals surface area contributed by atoms with Gasteiger partial charge in [0.25, 0.3) is 0 Å². The van der Waals surface area contributed by atoms with Crippen LogP contribution in [0.5, 0.6) is 0 Å². The Morgan fingerprint density at radius 3 is 2.92 bits per heavy atom. The highest BCUT2D eigenvalue weighted by Crippen LogP contribution is 2.25. The van der Waals surface area contributed by atoms with Gasteiger partial charge in [0.15, 0.2) is 0 Å². The maximum atomic E-state index is 5.95. The molecular formula is C9H11ClINO. The predicted molar refractivity (Wildman–Crippen MR) is 63.0 cm³/mol. The molecular weight excluding hydrogens is 300 g/mol. The molecule has 0 saturated heterocycles. The number of hydrogen-bond acceptors (Lipinski definition) is 2. The van der Waals surface area contributed by atoms with Gasteiger partial charge in [-0.3, -0.25) is 0 Å². The van der Waals surface area contributed by atoms with E-state index in [2.05, 4.69) is 22.6 Å². The third-order valence-corrected chi connectivity index (χ3v) is 3.56. The molecule has 2 N–H and O–H groups in total. The molecule has 0 amide bonds. The van der Waals surface area contributed by atoms with E-state index < -0.39 is 0 Å². The molecule has 72 valence electrons. The summed E-state index contributed by atoms with van der Waals surface area (Å²) in [6.07, 6.45) is 0. The van der Waals surface area contributed by atoms with Crippen molar-refractivity contribution >= 4 is 34.2 Å². The van der Waals surface area contributed by atoms with Crippen LogP contribution in [0.15, 0.2) is 18.2 Å². The summed E-state index contributed by atoms with van der Waals surface area (Å²) >= 11 is 8.15. The van der Waals surface area contributed by atoms with Crippen LogP contribution < -0.4 is 5.73 Å². The summed E-state index contributed by atoms with van der Waals surface area (Å²) in [5, 5.41) is 0.740. The smallest absolute Gasteiger partial charge is 0.0655 e. The van der Waals surface area contributed by atoms with E-state index in [4.69, 9.17) is 22.1 Å². The van der Waals surface area contributed by atoms with Crippen LogP contribution in [0.2, 0.25) is 5.02 Å². The number of nitrogens with two attached hydrogens (primary N) is 1. The van der Waals surface area contributed by atoms with Gasteiger partial charge in [0, 0.05) is 10.7 Å². The van der Waals surface area contributed by atoms with E-state index in [0.29, 0.717) is 6.61 Å². The lowest BCUT2D eigenvalue weighted by molar-refractivity contribution is 0.180. The standard InChI is InChI=1S/C9H11ClINO/c1-13-5-8(12)6-3-2-4-7(10)9(6)11/h2-4,8H,5,12H2,1H3. The van der Waals surface area contributed by atoms with Crippen LogP contribution >= 0.6 is 34.2 Å². The summed E-state index contributed by atoms with van der Waals surface area (Å²) in [5.74, 6) is 0.